The van der Waals surface area contributed by atoms with Gasteiger partial charge in [-0.15, -0.1) is 0 Å². The minimum Gasteiger partial charge on any atom is -0.493 e. The third-order valence-electron chi connectivity index (χ3n) is 6.50. The molecule has 3 atom stereocenters. The second-order valence-electron chi connectivity index (χ2n) is 8.06. The van der Waals surface area contributed by atoms with Crippen molar-refractivity contribution in [3.63, 3.8) is 0 Å². The summed E-state index contributed by atoms with van der Waals surface area (Å²) in [4.78, 5) is 2.36. The maximum Gasteiger partial charge on any atom is 0.203 e. The molecule has 0 bridgehead atoms. The number of likely N-dealkylation sites (tertiary alicyclic amines) is 1. The van der Waals surface area contributed by atoms with Crippen molar-refractivity contribution in [1.82, 2.24) is 4.90 Å². The Bertz CT molecular complexity index is 847. The monoisotopic (exact) mass is 401 g/mol. The van der Waals surface area contributed by atoms with Gasteiger partial charge < -0.3 is 19.3 Å². The van der Waals surface area contributed by atoms with Gasteiger partial charge in [0.2, 0.25) is 5.75 Å². The molecule has 2 aromatic carbocycles. The number of rotatable bonds is 6. The summed E-state index contributed by atoms with van der Waals surface area (Å²) in [6.45, 7) is 2.48. The Hall–Kier alpha value is -2.31. The van der Waals surface area contributed by atoms with E-state index < -0.39 is 5.60 Å². The Morgan fingerprint density at radius 1 is 1.03 bits per heavy atom. The van der Waals surface area contributed by atoms with E-state index in [0.717, 1.165) is 43.6 Å². The predicted molar refractivity (Wildman–Crippen MR) is 108 cm³/mol. The van der Waals surface area contributed by atoms with E-state index in [1.54, 1.807) is 33.5 Å². The van der Waals surface area contributed by atoms with Crippen LogP contribution in [0.3, 0.4) is 0 Å². The molecule has 0 spiro atoms. The van der Waals surface area contributed by atoms with Crippen molar-refractivity contribution in [2.45, 2.75) is 25.0 Å². The molecule has 1 heterocycles. The summed E-state index contributed by atoms with van der Waals surface area (Å²) in [7, 11) is 4.83. The summed E-state index contributed by atoms with van der Waals surface area (Å²) < 4.78 is 29.7. The van der Waals surface area contributed by atoms with Gasteiger partial charge in [-0.3, -0.25) is 4.90 Å². The molecule has 1 aliphatic heterocycles. The van der Waals surface area contributed by atoms with Gasteiger partial charge in [0.15, 0.2) is 11.5 Å². The van der Waals surface area contributed by atoms with Gasteiger partial charge in [-0.25, -0.2) is 4.39 Å². The molecular formula is C23H28FNO4. The van der Waals surface area contributed by atoms with E-state index in [2.05, 4.69) is 4.90 Å². The summed E-state index contributed by atoms with van der Waals surface area (Å²) in [5.41, 5.74) is 1.01. The first kappa shape index (κ1) is 20.0. The Kier molecular flexibility index (Phi) is 5.40. The number of hydrogen-bond acceptors (Lipinski definition) is 5. The second-order valence-corrected chi connectivity index (χ2v) is 8.06. The number of ether oxygens (including phenoxy) is 3. The van der Waals surface area contributed by atoms with Crippen molar-refractivity contribution in [3.05, 3.63) is 53.3 Å². The van der Waals surface area contributed by atoms with Gasteiger partial charge in [0, 0.05) is 25.6 Å². The molecule has 1 aliphatic carbocycles. The first-order chi connectivity index (χ1) is 14.0. The second kappa shape index (κ2) is 7.84. The van der Waals surface area contributed by atoms with E-state index in [4.69, 9.17) is 14.2 Å². The Labute approximate surface area is 171 Å². The minimum atomic E-state index is -0.887. The standard InChI is InChI=1S/C23H28FNO4/c1-27-20-10-15(11-21(28-2)22(20)29-3)12-25-13-16-8-9-23(26,19(16)14-25)17-4-6-18(24)7-5-17/h4-7,10-11,16,19,26H,8-9,12-14H2,1-3H3/t16-,19+,23+/m0/s1. The van der Waals surface area contributed by atoms with Crippen LogP contribution in [-0.4, -0.2) is 44.4 Å². The third kappa shape index (κ3) is 3.55. The molecular weight excluding hydrogens is 373 g/mol. The Morgan fingerprint density at radius 3 is 2.28 bits per heavy atom. The SMILES string of the molecule is COc1cc(CN2C[C@@H]3CC[C@@](O)(c4ccc(F)cc4)[C@@H]3C2)cc(OC)c1OC. The highest BCUT2D eigenvalue weighted by atomic mass is 19.1. The lowest BCUT2D eigenvalue weighted by Crippen LogP contribution is -2.34. The zero-order chi connectivity index (χ0) is 20.6. The average molecular weight is 401 g/mol. The third-order valence-corrected chi connectivity index (χ3v) is 6.50. The highest BCUT2D eigenvalue weighted by Gasteiger charge is 2.52. The van der Waals surface area contributed by atoms with Gasteiger partial charge in [0.05, 0.1) is 26.9 Å². The van der Waals surface area contributed by atoms with Crippen molar-refractivity contribution < 1.29 is 23.7 Å². The molecule has 2 aromatic rings. The molecule has 2 fully saturated rings. The summed E-state index contributed by atoms with van der Waals surface area (Å²) in [6.07, 6.45) is 1.70. The molecule has 0 aromatic heterocycles. The van der Waals surface area contributed by atoms with Crippen LogP contribution in [-0.2, 0) is 12.1 Å². The fraction of sp³-hybridized carbons (Fsp3) is 0.478. The van der Waals surface area contributed by atoms with Crippen LogP contribution < -0.4 is 14.2 Å². The number of methoxy groups -OCH3 is 3. The van der Waals surface area contributed by atoms with Crippen molar-refractivity contribution in [2.75, 3.05) is 34.4 Å². The maximum atomic E-state index is 13.3. The van der Waals surface area contributed by atoms with Gasteiger partial charge in [-0.05, 0) is 54.2 Å². The Morgan fingerprint density at radius 2 is 1.69 bits per heavy atom. The molecule has 29 heavy (non-hydrogen) atoms. The summed E-state index contributed by atoms with van der Waals surface area (Å²) in [5.74, 6) is 2.18. The van der Waals surface area contributed by atoms with E-state index in [9.17, 15) is 9.50 Å². The topological polar surface area (TPSA) is 51.2 Å². The summed E-state index contributed by atoms with van der Waals surface area (Å²) in [6, 6.07) is 10.3. The number of halogens is 1. The van der Waals surface area contributed by atoms with Crippen molar-refractivity contribution in [1.29, 1.82) is 0 Å². The first-order valence-corrected chi connectivity index (χ1v) is 9.98. The smallest absolute Gasteiger partial charge is 0.203 e. The maximum absolute atomic E-state index is 13.3. The summed E-state index contributed by atoms with van der Waals surface area (Å²) in [5, 5.41) is 11.4. The molecule has 4 rings (SSSR count). The van der Waals surface area contributed by atoms with E-state index in [1.807, 2.05) is 12.1 Å². The fourth-order valence-corrected chi connectivity index (χ4v) is 5.10. The van der Waals surface area contributed by atoms with Gasteiger partial charge >= 0.3 is 0 Å². The predicted octanol–water partition coefficient (Wildman–Crippen LogP) is 3.58. The van der Waals surface area contributed by atoms with E-state index in [0.29, 0.717) is 23.2 Å². The molecule has 6 heteroatoms. The normalized spacial score (nSPS) is 26.4. The van der Waals surface area contributed by atoms with Crippen molar-refractivity contribution >= 4 is 0 Å². The molecule has 0 amide bonds. The minimum absolute atomic E-state index is 0.148. The molecule has 5 nitrogen and oxygen atoms in total. The van der Waals surface area contributed by atoms with Crippen LogP contribution in [0.15, 0.2) is 36.4 Å². The van der Waals surface area contributed by atoms with Gasteiger partial charge in [-0.2, -0.15) is 0 Å². The first-order valence-electron chi connectivity index (χ1n) is 9.98. The molecule has 2 aliphatic rings. The molecule has 0 unspecified atom stereocenters. The fourth-order valence-electron chi connectivity index (χ4n) is 5.10. The molecule has 1 saturated heterocycles. The number of nitrogens with zero attached hydrogens (tertiary/aromatic N) is 1. The zero-order valence-electron chi connectivity index (χ0n) is 17.2. The van der Waals surface area contributed by atoms with Gasteiger partial charge in [0.25, 0.3) is 0 Å². The molecule has 0 radical (unpaired) electrons. The van der Waals surface area contributed by atoms with Crippen LogP contribution in [0.4, 0.5) is 4.39 Å². The van der Waals surface area contributed by atoms with E-state index >= 15 is 0 Å². The lowest BCUT2D eigenvalue weighted by Gasteiger charge is -2.31. The number of aliphatic hydroxyl groups is 1. The highest BCUT2D eigenvalue weighted by Crippen LogP contribution is 2.51. The lowest BCUT2D eigenvalue weighted by atomic mass is 9.82. The van der Waals surface area contributed by atoms with Crippen molar-refractivity contribution in [3.8, 4) is 17.2 Å². The van der Waals surface area contributed by atoms with Crippen LogP contribution in [0.2, 0.25) is 0 Å². The average Bonchev–Trinajstić information content (AvgIpc) is 3.27. The van der Waals surface area contributed by atoms with Crippen LogP contribution in [0.5, 0.6) is 17.2 Å². The number of benzene rings is 2. The zero-order valence-corrected chi connectivity index (χ0v) is 17.2. The van der Waals surface area contributed by atoms with Gasteiger partial charge in [-0.1, -0.05) is 12.1 Å². The highest BCUT2D eigenvalue weighted by molar-refractivity contribution is 5.53. The summed E-state index contributed by atoms with van der Waals surface area (Å²) >= 11 is 0. The number of fused-ring (bicyclic) bond motifs is 1. The largest absolute Gasteiger partial charge is 0.493 e. The van der Waals surface area contributed by atoms with Gasteiger partial charge in [0.1, 0.15) is 5.82 Å². The quantitative estimate of drug-likeness (QED) is 0.802. The van der Waals surface area contributed by atoms with Crippen LogP contribution in [0.1, 0.15) is 24.0 Å². The molecule has 1 saturated carbocycles. The van der Waals surface area contributed by atoms with Crippen LogP contribution in [0.25, 0.3) is 0 Å². The molecule has 1 N–H and O–H groups in total. The Balaban J connectivity index is 1.53. The molecule has 156 valence electrons. The van der Waals surface area contributed by atoms with Crippen LogP contribution in [0, 0.1) is 17.7 Å². The lowest BCUT2D eigenvalue weighted by molar-refractivity contribution is -0.00688. The number of hydrogen-bond donors (Lipinski definition) is 1. The van der Waals surface area contributed by atoms with Crippen LogP contribution >= 0.6 is 0 Å². The van der Waals surface area contributed by atoms with E-state index in [-0.39, 0.29) is 11.7 Å². The van der Waals surface area contributed by atoms with E-state index in [1.165, 1.54) is 12.1 Å². The van der Waals surface area contributed by atoms with Crippen molar-refractivity contribution in [2.24, 2.45) is 11.8 Å².